The van der Waals surface area contributed by atoms with Gasteiger partial charge in [0, 0.05) is 47.0 Å². The van der Waals surface area contributed by atoms with E-state index in [-0.39, 0.29) is 0 Å². The van der Waals surface area contributed by atoms with Crippen LogP contribution < -0.4 is 5.32 Å². The van der Waals surface area contributed by atoms with Crippen LogP contribution in [0.15, 0.2) is 42.6 Å². The molecule has 0 aliphatic heterocycles. The summed E-state index contributed by atoms with van der Waals surface area (Å²) in [5.41, 5.74) is 2.66. The van der Waals surface area contributed by atoms with Gasteiger partial charge in [0.25, 0.3) is 0 Å². The predicted molar refractivity (Wildman–Crippen MR) is 82.5 cm³/mol. The van der Waals surface area contributed by atoms with E-state index in [1.165, 1.54) is 26.2 Å². The van der Waals surface area contributed by atoms with E-state index in [1.807, 2.05) is 11.3 Å². The second-order valence-electron chi connectivity index (χ2n) is 4.90. The second kappa shape index (κ2) is 5.19. The third-order valence-electron chi connectivity index (χ3n) is 3.39. The highest BCUT2D eigenvalue weighted by Gasteiger charge is 2.05. The van der Waals surface area contributed by atoms with Gasteiger partial charge in [0.2, 0.25) is 0 Å². The van der Waals surface area contributed by atoms with Crippen LogP contribution in [0.4, 0.5) is 0 Å². The first-order valence-corrected chi connectivity index (χ1v) is 7.34. The lowest BCUT2D eigenvalue weighted by molar-refractivity contribution is 0.702. The van der Waals surface area contributed by atoms with Crippen molar-refractivity contribution in [3.63, 3.8) is 0 Å². The highest BCUT2D eigenvalue weighted by molar-refractivity contribution is 7.11. The number of rotatable bonds is 4. The standard InChI is InChI=1S/C16H18N2S/c1-12-7-8-14(19-12)10-17-9-13-11-18(2)16-6-4-3-5-15(13)16/h3-8,11,17H,9-10H2,1-2H3. The Balaban J connectivity index is 1.72. The van der Waals surface area contributed by atoms with E-state index in [0.717, 1.165) is 13.1 Å². The van der Waals surface area contributed by atoms with Crippen LogP contribution in [-0.4, -0.2) is 4.57 Å². The summed E-state index contributed by atoms with van der Waals surface area (Å²) in [6.45, 7) is 4.01. The van der Waals surface area contributed by atoms with Crippen molar-refractivity contribution in [1.29, 1.82) is 0 Å². The maximum atomic E-state index is 3.53. The van der Waals surface area contributed by atoms with Crippen molar-refractivity contribution in [2.75, 3.05) is 0 Å². The number of benzene rings is 1. The van der Waals surface area contributed by atoms with Gasteiger partial charge in [0.1, 0.15) is 0 Å². The summed E-state index contributed by atoms with van der Waals surface area (Å²) < 4.78 is 2.20. The smallest absolute Gasteiger partial charge is 0.0481 e. The zero-order valence-corrected chi connectivity index (χ0v) is 12.1. The average molecular weight is 270 g/mol. The molecule has 2 aromatic heterocycles. The Morgan fingerprint density at radius 2 is 1.95 bits per heavy atom. The first-order valence-electron chi connectivity index (χ1n) is 6.53. The Kier molecular flexibility index (Phi) is 3.40. The summed E-state index contributed by atoms with van der Waals surface area (Å²) in [6, 6.07) is 12.9. The molecule has 0 aliphatic carbocycles. The molecule has 3 heteroatoms. The fourth-order valence-electron chi connectivity index (χ4n) is 2.47. The van der Waals surface area contributed by atoms with Crippen LogP contribution in [0, 0.1) is 6.92 Å². The lowest BCUT2D eigenvalue weighted by Gasteiger charge is -2.01. The van der Waals surface area contributed by atoms with Crippen molar-refractivity contribution in [3.8, 4) is 0 Å². The van der Waals surface area contributed by atoms with Crippen LogP contribution in [-0.2, 0) is 20.1 Å². The van der Waals surface area contributed by atoms with Crippen LogP contribution in [0.5, 0.6) is 0 Å². The summed E-state index contributed by atoms with van der Waals surface area (Å²) in [6.07, 6.45) is 2.22. The number of aromatic nitrogens is 1. The Morgan fingerprint density at radius 3 is 2.74 bits per heavy atom. The van der Waals surface area contributed by atoms with Crippen molar-refractivity contribution < 1.29 is 0 Å². The van der Waals surface area contributed by atoms with Crippen LogP contribution in [0.2, 0.25) is 0 Å². The van der Waals surface area contributed by atoms with Gasteiger partial charge in [-0.2, -0.15) is 0 Å². The van der Waals surface area contributed by atoms with Gasteiger partial charge in [-0.1, -0.05) is 18.2 Å². The minimum absolute atomic E-state index is 0.915. The molecule has 2 heterocycles. The Labute approximate surface area is 117 Å². The summed E-state index contributed by atoms with van der Waals surface area (Å²) in [7, 11) is 2.11. The number of hydrogen-bond acceptors (Lipinski definition) is 2. The summed E-state index contributed by atoms with van der Waals surface area (Å²) >= 11 is 1.86. The first kappa shape index (κ1) is 12.5. The first-order chi connectivity index (χ1) is 9.24. The second-order valence-corrected chi connectivity index (χ2v) is 6.27. The number of nitrogens with zero attached hydrogens (tertiary/aromatic N) is 1. The van der Waals surface area contributed by atoms with Gasteiger partial charge in [-0.3, -0.25) is 0 Å². The largest absolute Gasteiger partial charge is 0.350 e. The SMILES string of the molecule is Cc1ccc(CNCc2cn(C)c3ccccc23)s1. The Bertz CT molecular complexity index is 694. The van der Waals surface area contributed by atoms with Gasteiger partial charge in [-0.25, -0.2) is 0 Å². The number of thiophene rings is 1. The number of nitrogens with one attached hydrogen (secondary N) is 1. The molecule has 98 valence electrons. The van der Waals surface area contributed by atoms with Crippen molar-refractivity contribution in [3.05, 3.63) is 57.9 Å². The molecule has 0 atom stereocenters. The molecule has 0 unspecified atom stereocenters. The number of fused-ring (bicyclic) bond motifs is 1. The molecular weight excluding hydrogens is 252 g/mol. The summed E-state index contributed by atoms with van der Waals surface area (Å²) in [4.78, 5) is 2.78. The van der Waals surface area contributed by atoms with Crippen molar-refractivity contribution in [2.45, 2.75) is 20.0 Å². The van der Waals surface area contributed by atoms with E-state index >= 15 is 0 Å². The van der Waals surface area contributed by atoms with Gasteiger partial charge in [0.05, 0.1) is 0 Å². The van der Waals surface area contributed by atoms with Crippen LogP contribution in [0.1, 0.15) is 15.3 Å². The molecular formula is C16H18N2S. The monoisotopic (exact) mass is 270 g/mol. The van der Waals surface area contributed by atoms with Gasteiger partial charge in [-0.05, 0) is 30.7 Å². The number of para-hydroxylation sites is 1. The lowest BCUT2D eigenvalue weighted by atomic mass is 10.2. The fourth-order valence-corrected chi connectivity index (χ4v) is 3.33. The average Bonchev–Trinajstić information content (AvgIpc) is 2.96. The molecule has 0 saturated heterocycles. The molecule has 2 nitrogen and oxygen atoms in total. The van der Waals surface area contributed by atoms with E-state index in [1.54, 1.807) is 0 Å². The molecule has 3 aromatic rings. The maximum absolute atomic E-state index is 3.53. The Hall–Kier alpha value is -1.58. The van der Waals surface area contributed by atoms with Crippen molar-refractivity contribution in [1.82, 2.24) is 9.88 Å². The molecule has 1 aromatic carbocycles. The molecule has 1 N–H and O–H groups in total. The topological polar surface area (TPSA) is 17.0 Å². The quantitative estimate of drug-likeness (QED) is 0.762. The molecule has 0 bridgehead atoms. The highest BCUT2D eigenvalue weighted by Crippen LogP contribution is 2.20. The van der Waals surface area contributed by atoms with E-state index in [4.69, 9.17) is 0 Å². The normalized spacial score (nSPS) is 11.3. The molecule has 0 radical (unpaired) electrons. The molecule has 0 fully saturated rings. The van der Waals surface area contributed by atoms with E-state index in [2.05, 4.69) is 66.5 Å². The summed E-state index contributed by atoms with van der Waals surface area (Å²) in [5.74, 6) is 0. The number of aryl methyl sites for hydroxylation is 2. The zero-order valence-electron chi connectivity index (χ0n) is 11.3. The molecule has 0 aliphatic rings. The van der Waals surface area contributed by atoms with Gasteiger partial charge in [-0.15, -0.1) is 11.3 Å². The van der Waals surface area contributed by atoms with Crippen LogP contribution in [0.25, 0.3) is 10.9 Å². The highest BCUT2D eigenvalue weighted by atomic mass is 32.1. The molecule has 0 amide bonds. The third-order valence-corrected chi connectivity index (χ3v) is 4.39. The van der Waals surface area contributed by atoms with Crippen LogP contribution in [0.3, 0.4) is 0 Å². The number of hydrogen-bond donors (Lipinski definition) is 1. The third kappa shape index (κ3) is 2.57. The van der Waals surface area contributed by atoms with Gasteiger partial charge >= 0.3 is 0 Å². The predicted octanol–water partition coefficient (Wildman–Crippen LogP) is 3.84. The van der Waals surface area contributed by atoms with Gasteiger partial charge in [0.15, 0.2) is 0 Å². The molecule has 19 heavy (non-hydrogen) atoms. The molecule has 0 saturated carbocycles. The van der Waals surface area contributed by atoms with Gasteiger partial charge < -0.3 is 9.88 Å². The van der Waals surface area contributed by atoms with E-state index < -0.39 is 0 Å². The fraction of sp³-hybridized carbons (Fsp3) is 0.250. The zero-order chi connectivity index (χ0) is 13.2. The molecule has 0 spiro atoms. The summed E-state index contributed by atoms with van der Waals surface area (Å²) in [5, 5.41) is 4.88. The van der Waals surface area contributed by atoms with E-state index in [0.29, 0.717) is 0 Å². The van der Waals surface area contributed by atoms with Crippen molar-refractivity contribution >= 4 is 22.2 Å². The van der Waals surface area contributed by atoms with Crippen LogP contribution >= 0.6 is 11.3 Å². The Morgan fingerprint density at radius 1 is 1.11 bits per heavy atom. The minimum Gasteiger partial charge on any atom is -0.350 e. The molecule has 3 rings (SSSR count). The van der Waals surface area contributed by atoms with E-state index in [9.17, 15) is 0 Å². The van der Waals surface area contributed by atoms with Crippen molar-refractivity contribution in [2.24, 2.45) is 7.05 Å². The minimum atomic E-state index is 0.915. The maximum Gasteiger partial charge on any atom is 0.0481 e. The lowest BCUT2D eigenvalue weighted by Crippen LogP contribution is -2.11.